The standard InChI is InChI=1S/C12H19NO3/c1-8-4-3-5-10(9(8)2)13-6-11(14)16-12(15)7-13/h8-10H,3-7H2,1-2H3. The second-order valence-corrected chi connectivity index (χ2v) is 5.09. The molecule has 3 atom stereocenters. The van der Waals surface area contributed by atoms with E-state index in [-0.39, 0.29) is 13.1 Å². The van der Waals surface area contributed by atoms with E-state index in [2.05, 4.69) is 18.6 Å². The van der Waals surface area contributed by atoms with Gasteiger partial charge >= 0.3 is 11.9 Å². The molecule has 2 fully saturated rings. The highest BCUT2D eigenvalue weighted by molar-refractivity contribution is 5.90. The summed E-state index contributed by atoms with van der Waals surface area (Å²) >= 11 is 0. The monoisotopic (exact) mass is 225 g/mol. The fraction of sp³-hybridized carbons (Fsp3) is 0.833. The number of ether oxygens (including phenoxy) is 1. The second-order valence-electron chi connectivity index (χ2n) is 5.09. The lowest BCUT2D eigenvalue weighted by atomic mass is 9.77. The van der Waals surface area contributed by atoms with Crippen molar-refractivity contribution in [2.24, 2.45) is 11.8 Å². The predicted molar refractivity (Wildman–Crippen MR) is 58.6 cm³/mol. The smallest absolute Gasteiger partial charge is 0.327 e. The van der Waals surface area contributed by atoms with Crippen LogP contribution in [-0.2, 0) is 14.3 Å². The van der Waals surface area contributed by atoms with Crippen molar-refractivity contribution >= 4 is 11.9 Å². The summed E-state index contributed by atoms with van der Waals surface area (Å²) in [6, 6.07) is 0.362. The summed E-state index contributed by atoms with van der Waals surface area (Å²) in [7, 11) is 0. The van der Waals surface area contributed by atoms with Gasteiger partial charge in [-0.05, 0) is 18.3 Å². The summed E-state index contributed by atoms with van der Waals surface area (Å²) in [6.07, 6.45) is 3.53. The van der Waals surface area contributed by atoms with Gasteiger partial charge in [-0.1, -0.05) is 26.7 Å². The van der Waals surface area contributed by atoms with Gasteiger partial charge in [0.2, 0.25) is 0 Å². The maximum absolute atomic E-state index is 11.2. The quantitative estimate of drug-likeness (QED) is 0.497. The number of morpholine rings is 1. The van der Waals surface area contributed by atoms with Crippen molar-refractivity contribution in [3.63, 3.8) is 0 Å². The number of hydrogen-bond donors (Lipinski definition) is 0. The first-order valence-electron chi connectivity index (χ1n) is 6.05. The molecule has 0 spiro atoms. The first-order chi connectivity index (χ1) is 7.58. The highest BCUT2D eigenvalue weighted by atomic mass is 16.6. The normalized spacial score (nSPS) is 37.2. The lowest BCUT2D eigenvalue weighted by Crippen LogP contribution is -2.52. The molecule has 4 heteroatoms. The molecule has 0 aromatic carbocycles. The van der Waals surface area contributed by atoms with Gasteiger partial charge in [0.15, 0.2) is 0 Å². The second kappa shape index (κ2) is 4.53. The molecule has 1 heterocycles. The van der Waals surface area contributed by atoms with Crippen LogP contribution in [0.25, 0.3) is 0 Å². The van der Waals surface area contributed by atoms with E-state index >= 15 is 0 Å². The number of esters is 2. The molecule has 2 rings (SSSR count). The summed E-state index contributed by atoms with van der Waals surface area (Å²) in [4.78, 5) is 24.5. The van der Waals surface area contributed by atoms with Crippen molar-refractivity contribution in [3.05, 3.63) is 0 Å². The van der Waals surface area contributed by atoms with Gasteiger partial charge < -0.3 is 4.74 Å². The third-order valence-corrected chi connectivity index (χ3v) is 4.02. The fourth-order valence-electron chi connectivity index (χ4n) is 2.88. The maximum atomic E-state index is 11.2. The molecule has 1 saturated heterocycles. The summed E-state index contributed by atoms with van der Waals surface area (Å²) in [5.74, 6) is 0.419. The Morgan fingerprint density at radius 1 is 1.12 bits per heavy atom. The lowest BCUT2D eigenvalue weighted by Gasteiger charge is -2.41. The van der Waals surface area contributed by atoms with E-state index < -0.39 is 11.9 Å². The molecule has 0 N–H and O–H groups in total. The Morgan fingerprint density at radius 2 is 1.75 bits per heavy atom. The van der Waals surface area contributed by atoms with Crippen LogP contribution in [-0.4, -0.2) is 36.0 Å². The van der Waals surface area contributed by atoms with Crippen LogP contribution in [0.4, 0.5) is 0 Å². The predicted octanol–water partition coefficient (Wildman–Crippen LogP) is 1.20. The van der Waals surface area contributed by atoms with Crippen LogP contribution >= 0.6 is 0 Å². The van der Waals surface area contributed by atoms with Crippen molar-refractivity contribution in [2.45, 2.75) is 39.2 Å². The minimum absolute atomic E-state index is 0.271. The number of rotatable bonds is 1. The van der Waals surface area contributed by atoms with E-state index in [0.29, 0.717) is 17.9 Å². The Balaban J connectivity index is 2.05. The van der Waals surface area contributed by atoms with E-state index in [1.807, 2.05) is 4.90 Å². The summed E-state index contributed by atoms with van der Waals surface area (Å²) < 4.78 is 4.55. The van der Waals surface area contributed by atoms with Gasteiger partial charge in [0.1, 0.15) is 0 Å². The number of cyclic esters (lactones) is 2. The molecule has 0 radical (unpaired) electrons. The van der Waals surface area contributed by atoms with Gasteiger partial charge in [0.25, 0.3) is 0 Å². The molecule has 3 unspecified atom stereocenters. The zero-order chi connectivity index (χ0) is 11.7. The molecule has 4 nitrogen and oxygen atoms in total. The molecule has 2 aliphatic rings. The number of carbonyl (C=O) groups excluding carboxylic acids is 2. The largest absolute Gasteiger partial charge is 0.391 e. The number of hydrogen-bond acceptors (Lipinski definition) is 4. The molecule has 0 amide bonds. The Hall–Kier alpha value is -0.900. The van der Waals surface area contributed by atoms with Gasteiger partial charge in [-0.25, -0.2) is 0 Å². The molecule has 90 valence electrons. The molecular weight excluding hydrogens is 206 g/mol. The van der Waals surface area contributed by atoms with Crippen molar-refractivity contribution in [1.29, 1.82) is 0 Å². The average molecular weight is 225 g/mol. The van der Waals surface area contributed by atoms with E-state index in [1.165, 1.54) is 12.8 Å². The van der Waals surface area contributed by atoms with Crippen LogP contribution in [0, 0.1) is 11.8 Å². The highest BCUT2D eigenvalue weighted by Crippen LogP contribution is 2.33. The number of carbonyl (C=O) groups is 2. The van der Waals surface area contributed by atoms with E-state index in [0.717, 1.165) is 6.42 Å². The topological polar surface area (TPSA) is 46.6 Å². The van der Waals surface area contributed by atoms with Gasteiger partial charge in [-0.3, -0.25) is 14.5 Å². The van der Waals surface area contributed by atoms with Crippen molar-refractivity contribution in [3.8, 4) is 0 Å². The molecular formula is C12H19NO3. The fourth-order valence-corrected chi connectivity index (χ4v) is 2.88. The van der Waals surface area contributed by atoms with Crippen LogP contribution in [0.1, 0.15) is 33.1 Å². The molecule has 0 bridgehead atoms. The zero-order valence-electron chi connectivity index (χ0n) is 9.94. The van der Waals surface area contributed by atoms with Crippen LogP contribution in [0.3, 0.4) is 0 Å². The van der Waals surface area contributed by atoms with Crippen molar-refractivity contribution < 1.29 is 14.3 Å². The van der Waals surface area contributed by atoms with Gasteiger partial charge in [0.05, 0.1) is 13.1 Å². The molecule has 0 aromatic rings. The van der Waals surface area contributed by atoms with Gasteiger partial charge in [-0.15, -0.1) is 0 Å². The Morgan fingerprint density at radius 3 is 2.38 bits per heavy atom. The van der Waals surface area contributed by atoms with Gasteiger partial charge in [-0.2, -0.15) is 0 Å². The van der Waals surface area contributed by atoms with Crippen molar-refractivity contribution in [2.75, 3.05) is 13.1 Å². The molecule has 0 aromatic heterocycles. The van der Waals surface area contributed by atoms with E-state index in [1.54, 1.807) is 0 Å². The van der Waals surface area contributed by atoms with Gasteiger partial charge in [0, 0.05) is 6.04 Å². The van der Waals surface area contributed by atoms with Crippen LogP contribution in [0.2, 0.25) is 0 Å². The van der Waals surface area contributed by atoms with Crippen LogP contribution in [0.15, 0.2) is 0 Å². The average Bonchev–Trinajstić information content (AvgIpc) is 2.20. The minimum Gasteiger partial charge on any atom is -0.391 e. The highest BCUT2D eigenvalue weighted by Gasteiger charge is 2.36. The third-order valence-electron chi connectivity index (χ3n) is 4.02. The minimum atomic E-state index is -0.401. The number of nitrogens with zero attached hydrogens (tertiary/aromatic N) is 1. The summed E-state index contributed by atoms with van der Waals surface area (Å²) in [5.41, 5.74) is 0. The van der Waals surface area contributed by atoms with Crippen LogP contribution < -0.4 is 0 Å². The van der Waals surface area contributed by atoms with Crippen molar-refractivity contribution in [1.82, 2.24) is 4.90 Å². The third kappa shape index (κ3) is 2.26. The molecule has 1 saturated carbocycles. The SMILES string of the molecule is CC1CCCC(N2CC(=O)OC(=O)C2)C1C. The zero-order valence-corrected chi connectivity index (χ0v) is 9.94. The maximum Gasteiger partial charge on any atom is 0.327 e. The Labute approximate surface area is 95.9 Å². The Kier molecular flexibility index (Phi) is 3.28. The summed E-state index contributed by atoms with van der Waals surface area (Å²) in [5, 5.41) is 0. The summed E-state index contributed by atoms with van der Waals surface area (Å²) in [6.45, 7) is 5.01. The van der Waals surface area contributed by atoms with E-state index in [4.69, 9.17) is 0 Å². The Bertz CT molecular complexity index is 287. The first kappa shape index (κ1) is 11.6. The first-order valence-corrected chi connectivity index (χ1v) is 6.05. The van der Waals surface area contributed by atoms with Crippen LogP contribution in [0.5, 0.6) is 0 Å². The molecule has 1 aliphatic heterocycles. The molecule has 16 heavy (non-hydrogen) atoms. The molecule has 1 aliphatic carbocycles. The lowest BCUT2D eigenvalue weighted by molar-refractivity contribution is -0.169. The van der Waals surface area contributed by atoms with E-state index in [9.17, 15) is 9.59 Å².